The molecule has 3 heteroatoms. The van der Waals surface area contributed by atoms with Crippen LogP contribution in [0.15, 0.2) is 34.8 Å². The van der Waals surface area contributed by atoms with E-state index in [1.165, 1.54) is 22.5 Å². The van der Waals surface area contributed by atoms with Gasteiger partial charge in [-0.2, -0.15) is 0 Å². The SMILES string of the molecule is Cc1cc(CNC(C)(C)c2ccc(Br)cc2)c(C)n1C. The standard InChI is InChI=1S/C17H23BrN2/c1-12-10-14(13(2)20(12)5)11-19-17(3,4)15-6-8-16(18)9-7-15/h6-10,19H,11H2,1-5H3. The molecule has 0 saturated heterocycles. The van der Waals surface area contributed by atoms with Gasteiger partial charge in [-0.3, -0.25) is 0 Å². The Bertz CT molecular complexity index is 594. The van der Waals surface area contributed by atoms with Crippen molar-refractivity contribution in [1.29, 1.82) is 0 Å². The molecule has 0 unspecified atom stereocenters. The zero-order valence-electron chi connectivity index (χ0n) is 12.9. The predicted molar refractivity (Wildman–Crippen MR) is 88.9 cm³/mol. The summed E-state index contributed by atoms with van der Waals surface area (Å²) in [6, 6.07) is 10.8. The minimum atomic E-state index is -0.0448. The van der Waals surface area contributed by atoms with Crippen molar-refractivity contribution in [2.75, 3.05) is 0 Å². The molecule has 0 fully saturated rings. The molecule has 1 aromatic carbocycles. The first-order valence-electron chi connectivity index (χ1n) is 6.94. The van der Waals surface area contributed by atoms with Gasteiger partial charge in [0.1, 0.15) is 0 Å². The molecule has 0 aliphatic carbocycles. The lowest BCUT2D eigenvalue weighted by Crippen LogP contribution is -2.36. The van der Waals surface area contributed by atoms with Crippen LogP contribution in [0.1, 0.15) is 36.4 Å². The van der Waals surface area contributed by atoms with E-state index < -0.39 is 0 Å². The molecule has 1 N–H and O–H groups in total. The van der Waals surface area contributed by atoms with Crippen LogP contribution in [0.5, 0.6) is 0 Å². The van der Waals surface area contributed by atoms with Gasteiger partial charge < -0.3 is 9.88 Å². The van der Waals surface area contributed by atoms with Crippen LogP contribution in [0.2, 0.25) is 0 Å². The number of nitrogens with zero attached hydrogens (tertiary/aromatic N) is 1. The zero-order valence-corrected chi connectivity index (χ0v) is 14.5. The molecule has 0 aliphatic heterocycles. The summed E-state index contributed by atoms with van der Waals surface area (Å²) in [5.41, 5.74) is 5.26. The molecular weight excluding hydrogens is 312 g/mol. The third-order valence-corrected chi connectivity index (χ3v) is 4.70. The molecule has 0 saturated carbocycles. The van der Waals surface area contributed by atoms with Crippen molar-refractivity contribution < 1.29 is 0 Å². The van der Waals surface area contributed by atoms with Gasteiger partial charge in [-0.15, -0.1) is 0 Å². The van der Waals surface area contributed by atoms with E-state index in [2.05, 4.69) is 90.9 Å². The Morgan fingerprint density at radius 1 is 1.15 bits per heavy atom. The summed E-state index contributed by atoms with van der Waals surface area (Å²) in [6.45, 7) is 9.66. The highest BCUT2D eigenvalue weighted by Gasteiger charge is 2.20. The summed E-state index contributed by atoms with van der Waals surface area (Å²) in [7, 11) is 2.12. The van der Waals surface area contributed by atoms with E-state index in [0.29, 0.717) is 0 Å². The molecule has 0 bridgehead atoms. The molecule has 1 aromatic heterocycles. The first kappa shape index (κ1) is 15.3. The van der Waals surface area contributed by atoms with Gasteiger partial charge in [0.05, 0.1) is 0 Å². The van der Waals surface area contributed by atoms with Crippen LogP contribution in [0.4, 0.5) is 0 Å². The number of aryl methyl sites for hydroxylation is 1. The molecule has 2 nitrogen and oxygen atoms in total. The van der Waals surface area contributed by atoms with E-state index in [9.17, 15) is 0 Å². The van der Waals surface area contributed by atoms with Gasteiger partial charge in [-0.1, -0.05) is 28.1 Å². The van der Waals surface area contributed by atoms with Crippen molar-refractivity contribution in [2.45, 2.75) is 39.8 Å². The van der Waals surface area contributed by atoms with Crippen molar-refractivity contribution in [1.82, 2.24) is 9.88 Å². The second-order valence-electron chi connectivity index (χ2n) is 5.94. The van der Waals surface area contributed by atoms with Crippen LogP contribution < -0.4 is 5.32 Å². The molecule has 0 spiro atoms. The van der Waals surface area contributed by atoms with E-state index >= 15 is 0 Å². The lowest BCUT2D eigenvalue weighted by Gasteiger charge is -2.27. The normalized spacial score (nSPS) is 11.9. The van der Waals surface area contributed by atoms with Crippen LogP contribution in [-0.4, -0.2) is 4.57 Å². The van der Waals surface area contributed by atoms with Crippen LogP contribution >= 0.6 is 15.9 Å². The minimum Gasteiger partial charge on any atom is -0.352 e. The molecule has 2 rings (SSSR count). The largest absolute Gasteiger partial charge is 0.352 e. The number of rotatable bonds is 4. The fraction of sp³-hybridized carbons (Fsp3) is 0.412. The van der Waals surface area contributed by atoms with E-state index in [0.717, 1.165) is 11.0 Å². The van der Waals surface area contributed by atoms with Gasteiger partial charge in [0, 0.05) is 35.0 Å². The van der Waals surface area contributed by atoms with Gasteiger partial charge in [0.15, 0.2) is 0 Å². The Labute approximate surface area is 130 Å². The molecule has 1 heterocycles. The molecule has 2 aromatic rings. The summed E-state index contributed by atoms with van der Waals surface area (Å²) in [4.78, 5) is 0. The van der Waals surface area contributed by atoms with Gasteiger partial charge in [-0.05, 0) is 57.0 Å². The summed E-state index contributed by atoms with van der Waals surface area (Å²) in [5, 5.41) is 3.66. The molecule has 0 aliphatic rings. The number of halogens is 1. The Kier molecular flexibility index (Phi) is 4.40. The van der Waals surface area contributed by atoms with Crippen molar-refractivity contribution >= 4 is 15.9 Å². The van der Waals surface area contributed by atoms with Crippen LogP contribution in [0.3, 0.4) is 0 Å². The van der Waals surface area contributed by atoms with Crippen LogP contribution in [-0.2, 0) is 19.1 Å². The van der Waals surface area contributed by atoms with Gasteiger partial charge in [0.2, 0.25) is 0 Å². The number of benzene rings is 1. The third kappa shape index (κ3) is 3.15. The third-order valence-electron chi connectivity index (χ3n) is 4.17. The maximum absolute atomic E-state index is 3.66. The second-order valence-corrected chi connectivity index (χ2v) is 6.86. The lowest BCUT2D eigenvalue weighted by molar-refractivity contribution is 0.400. The predicted octanol–water partition coefficient (Wildman–Crippen LogP) is 4.43. The smallest absolute Gasteiger partial charge is 0.0380 e. The highest BCUT2D eigenvalue weighted by molar-refractivity contribution is 9.10. The summed E-state index contributed by atoms with van der Waals surface area (Å²) in [6.07, 6.45) is 0. The van der Waals surface area contributed by atoms with E-state index in [1.807, 2.05) is 0 Å². The molecule has 20 heavy (non-hydrogen) atoms. The number of aromatic nitrogens is 1. The fourth-order valence-corrected chi connectivity index (χ4v) is 2.66. The quantitative estimate of drug-likeness (QED) is 0.875. The van der Waals surface area contributed by atoms with E-state index in [4.69, 9.17) is 0 Å². The Hall–Kier alpha value is -1.06. The summed E-state index contributed by atoms with van der Waals surface area (Å²) >= 11 is 3.48. The molecule has 0 amide bonds. The highest BCUT2D eigenvalue weighted by Crippen LogP contribution is 2.23. The maximum atomic E-state index is 3.66. The molecule has 0 radical (unpaired) electrons. The lowest BCUT2D eigenvalue weighted by atomic mass is 9.94. The zero-order chi connectivity index (χ0) is 14.9. The van der Waals surface area contributed by atoms with E-state index in [-0.39, 0.29) is 5.54 Å². The maximum Gasteiger partial charge on any atom is 0.0380 e. The number of hydrogen-bond donors (Lipinski definition) is 1. The number of hydrogen-bond acceptors (Lipinski definition) is 1. The molecule has 0 atom stereocenters. The van der Waals surface area contributed by atoms with Crippen molar-refractivity contribution in [2.24, 2.45) is 7.05 Å². The average molecular weight is 335 g/mol. The molecular formula is C17H23BrN2. The van der Waals surface area contributed by atoms with Gasteiger partial charge in [0.25, 0.3) is 0 Å². The van der Waals surface area contributed by atoms with Crippen LogP contribution in [0, 0.1) is 13.8 Å². The minimum absolute atomic E-state index is 0.0448. The Balaban J connectivity index is 2.12. The fourth-order valence-electron chi connectivity index (χ4n) is 2.40. The number of nitrogens with one attached hydrogen (secondary N) is 1. The monoisotopic (exact) mass is 334 g/mol. The summed E-state index contributed by atoms with van der Waals surface area (Å²) < 4.78 is 3.36. The Morgan fingerprint density at radius 3 is 2.25 bits per heavy atom. The average Bonchev–Trinajstić information content (AvgIpc) is 2.64. The van der Waals surface area contributed by atoms with Gasteiger partial charge >= 0.3 is 0 Å². The van der Waals surface area contributed by atoms with Crippen molar-refractivity contribution in [3.05, 3.63) is 57.3 Å². The van der Waals surface area contributed by atoms with Gasteiger partial charge in [-0.25, -0.2) is 0 Å². The Morgan fingerprint density at radius 2 is 1.75 bits per heavy atom. The summed E-state index contributed by atoms with van der Waals surface area (Å²) in [5.74, 6) is 0. The topological polar surface area (TPSA) is 17.0 Å². The highest BCUT2D eigenvalue weighted by atomic mass is 79.9. The second kappa shape index (κ2) is 5.74. The molecule has 108 valence electrons. The van der Waals surface area contributed by atoms with E-state index in [1.54, 1.807) is 0 Å². The van der Waals surface area contributed by atoms with Crippen molar-refractivity contribution in [3.63, 3.8) is 0 Å². The van der Waals surface area contributed by atoms with Crippen LogP contribution in [0.25, 0.3) is 0 Å². The van der Waals surface area contributed by atoms with Crippen molar-refractivity contribution in [3.8, 4) is 0 Å². The first-order chi connectivity index (χ1) is 9.31. The first-order valence-corrected chi connectivity index (χ1v) is 7.73.